The Morgan fingerprint density at radius 3 is 2.45 bits per heavy atom. The monoisotopic (exact) mass is 282 g/mol. The molecule has 1 rings (SSSR count). The number of hydrogen-bond donors (Lipinski definition) is 0. The molecule has 0 aromatic rings. The summed E-state index contributed by atoms with van der Waals surface area (Å²) in [6.45, 7) is 13.9. The van der Waals surface area contributed by atoms with Gasteiger partial charge in [-0.05, 0) is 39.0 Å². The SMILES string of the molecule is CC[N+](C)(CC)CC(=O)OC[C@H]1[C@H](C)C=C(C)C[C@@H]1C. The maximum absolute atomic E-state index is 12.0. The number of ether oxygens (including phenoxy) is 1. The van der Waals surface area contributed by atoms with Crippen molar-refractivity contribution < 1.29 is 14.0 Å². The van der Waals surface area contributed by atoms with Crippen molar-refractivity contribution in [1.82, 2.24) is 0 Å². The van der Waals surface area contributed by atoms with E-state index in [0.717, 1.165) is 24.0 Å². The molecule has 0 aromatic carbocycles. The summed E-state index contributed by atoms with van der Waals surface area (Å²) in [6.07, 6.45) is 3.46. The highest BCUT2D eigenvalue weighted by atomic mass is 16.5. The molecule has 0 radical (unpaired) electrons. The van der Waals surface area contributed by atoms with E-state index in [0.29, 0.717) is 30.9 Å². The minimum absolute atomic E-state index is 0.0538. The van der Waals surface area contributed by atoms with Crippen LogP contribution in [0.4, 0.5) is 0 Å². The summed E-state index contributed by atoms with van der Waals surface area (Å²) in [5, 5.41) is 0. The Bertz CT molecular complexity index is 358. The standard InChI is InChI=1S/C17H32NO2/c1-7-18(6,8-2)11-17(19)20-12-16-14(4)9-13(3)10-15(16)5/h9,14-16H,7-8,10-12H2,1-6H3/q+1/t14-,15+,16+/m1/s1. The highest BCUT2D eigenvalue weighted by Gasteiger charge is 2.29. The summed E-state index contributed by atoms with van der Waals surface area (Å²) in [6, 6.07) is 0. The third-order valence-corrected chi connectivity index (χ3v) is 5.07. The quantitative estimate of drug-likeness (QED) is 0.425. The van der Waals surface area contributed by atoms with Crippen molar-refractivity contribution in [3.8, 4) is 0 Å². The number of hydrogen-bond acceptors (Lipinski definition) is 2. The lowest BCUT2D eigenvalue weighted by molar-refractivity contribution is -0.899. The van der Waals surface area contributed by atoms with E-state index < -0.39 is 0 Å². The van der Waals surface area contributed by atoms with Crippen LogP contribution in [0.3, 0.4) is 0 Å². The molecule has 3 atom stereocenters. The number of rotatable bonds is 6. The molecule has 0 saturated carbocycles. The van der Waals surface area contributed by atoms with Crippen LogP contribution in [0, 0.1) is 17.8 Å². The minimum atomic E-state index is -0.0538. The van der Waals surface area contributed by atoms with E-state index in [-0.39, 0.29) is 5.97 Å². The number of esters is 1. The van der Waals surface area contributed by atoms with E-state index in [9.17, 15) is 4.79 Å². The summed E-state index contributed by atoms with van der Waals surface area (Å²) in [5.41, 5.74) is 1.47. The van der Waals surface area contributed by atoms with Crippen LogP contribution in [0.1, 0.15) is 41.0 Å². The fraction of sp³-hybridized carbons (Fsp3) is 0.824. The number of carbonyl (C=O) groups is 1. The summed E-state index contributed by atoms with van der Waals surface area (Å²) in [7, 11) is 2.11. The number of allylic oxidation sites excluding steroid dienone is 2. The lowest BCUT2D eigenvalue weighted by atomic mass is 9.75. The zero-order valence-corrected chi connectivity index (χ0v) is 14.1. The Balaban J connectivity index is 2.49. The molecule has 0 N–H and O–H groups in total. The minimum Gasteiger partial charge on any atom is -0.461 e. The first kappa shape index (κ1) is 17.2. The van der Waals surface area contributed by atoms with Crippen LogP contribution in [0.25, 0.3) is 0 Å². The molecule has 0 aliphatic heterocycles. The van der Waals surface area contributed by atoms with Gasteiger partial charge in [0.2, 0.25) is 0 Å². The Morgan fingerprint density at radius 1 is 1.35 bits per heavy atom. The first-order valence-electron chi connectivity index (χ1n) is 7.97. The molecule has 0 spiro atoms. The Morgan fingerprint density at radius 2 is 1.95 bits per heavy atom. The highest BCUT2D eigenvalue weighted by Crippen LogP contribution is 2.33. The van der Waals surface area contributed by atoms with Gasteiger partial charge in [-0.3, -0.25) is 0 Å². The maximum Gasteiger partial charge on any atom is 0.361 e. The van der Waals surface area contributed by atoms with Gasteiger partial charge < -0.3 is 9.22 Å². The Labute approximate surface area is 124 Å². The summed E-state index contributed by atoms with van der Waals surface area (Å²) < 4.78 is 6.33. The van der Waals surface area contributed by atoms with Crippen molar-refractivity contribution in [3.05, 3.63) is 11.6 Å². The molecule has 0 aromatic heterocycles. The molecule has 3 heteroatoms. The average Bonchev–Trinajstić information content (AvgIpc) is 2.37. The normalized spacial score (nSPS) is 27.1. The van der Waals surface area contributed by atoms with Crippen molar-refractivity contribution >= 4 is 5.97 Å². The van der Waals surface area contributed by atoms with E-state index in [2.05, 4.69) is 47.7 Å². The topological polar surface area (TPSA) is 26.3 Å². The lowest BCUT2D eigenvalue weighted by Crippen LogP contribution is -2.48. The van der Waals surface area contributed by atoms with Crippen LogP contribution >= 0.6 is 0 Å². The van der Waals surface area contributed by atoms with Crippen molar-refractivity contribution in [2.24, 2.45) is 17.8 Å². The van der Waals surface area contributed by atoms with Gasteiger partial charge in [0.05, 0.1) is 26.7 Å². The fourth-order valence-electron chi connectivity index (χ4n) is 3.13. The van der Waals surface area contributed by atoms with Crippen LogP contribution in [0.5, 0.6) is 0 Å². The molecular formula is C17H32NO2+. The van der Waals surface area contributed by atoms with Crippen LogP contribution in [-0.4, -0.2) is 43.7 Å². The van der Waals surface area contributed by atoms with E-state index in [1.165, 1.54) is 5.57 Å². The number of nitrogens with zero attached hydrogens (tertiary/aromatic N) is 1. The summed E-state index contributed by atoms with van der Waals surface area (Å²) in [5.74, 6) is 1.51. The van der Waals surface area contributed by atoms with Gasteiger partial charge >= 0.3 is 5.97 Å². The van der Waals surface area contributed by atoms with Gasteiger partial charge in [0, 0.05) is 5.92 Å². The van der Waals surface area contributed by atoms with Gasteiger partial charge in [0.25, 0.3) is 0 Å². The average molecular weight is 282 g/mol. The first-order chi connectivity index (χ1) is 9.31. The molecule has 0 bridgehead atoms. The van der Waals surface area contributed by atoms with Crippen LogP contribution in [0.15, 0.2) is 11.6 Å². The zero-order chi connectivity index (χ0) is 15.3. The molecule has 20 heavy (non-hydrogen) atoms. The van der Waals surface area contributed by atoms with E-state index in [1.807, 2.05) is 0 Å². The van der Waals surface area contributed by atoms with Gasteiger partial charge in [0.1, 0.15) is 0 Å². The Kier molecular flexibility index (Phi) is 6.25. The second-order valence-electron chi connectivity index (χ2n) is 6.81. The van der Waals surface area contributed by atoms with E-state index in [1.54, 1.807) is 0 Å². The van der Waals surface area contributed by atoms with E-state index in [4.69, 9.17) is 4.74 Å². The molecule has 3 nitrogen and oxygen atoms in total. The van der Waals surface area contributed by atoms with Crippen molar-refractivity contribution in [2.75, 3.05) is 33.3 Å². The molecule has 1 aliphatic rings. The molecular weight excluding hydrogens is 250 g/mol. The third-order valence-electron chi connectivity index (χ3n) is 5.07. The fourth-order valence-corrected chi connectivity index (χ4v) is 3.13. The lowest BCUT2D eigenvalue weighted by Gasteiger charge is -2.34. The first-order valence-corrected chi connectivity index (χ1v) is 7.97. The second kappa shape index (κ2) is 7.26. The second-order valence-corrected chi connectivity index (χ2v) is 6.81. The van der Waals surface area contributed by atoms with Gasteiger partial charge in [-0.15, -0.1) is 0 Å². The third kappa shape index (κ3) is 4.62. The predicted molar refractivity (Wildman–Crippen MR) is 83.3 cm³/mol. The number of likely N-dealkylation sites (N-methyl/N-ethyl adjacent to an activating group) is 1. The number of quaternary nitrogens is 1. The molecule has 116 valence electrons. The van der Waals surface area contributed by atoms with E-state index >= 15 is 0 Å². The number of carbonyl (C=O) groups excluding carboxylic acids is 1. The molecule has 0 heterocycles. The largest absolute Gasteiger partial charge is 0.461 e. The van der Waals surface area contributed by atoms with Gasteiger partial charge in [0.15, 0.2) is 6.54 Å². The van der Waals surface area contributed by atoms with Gasteiger partial charge in [-0.2, -0.15) is 0 Å². The molecule has 1 aliphatic carbocycles. The molecule has 0 unspecified atom stereocenters. The summed E-state index contributed by atoms with van der Waals surface area (Å²) >= 11 is 0. The van der Waals surface area contributed by atoms with Gasteiger partial charge in [-0.25, -0.2) is 4.79 Å². The Hall–Kier alpha value is -0.830. The highest BCUT2D eigenvalue weighted by molar-refractivity contribution is 5.70. The van der Waals surface area contributed by atoms with Crippen molar-refractivity contribution in [3.63, 3.8) is 0 Å². The van der Waals surface area contributed by atoms with Gasteiger partial charge in [-0.1, -0.05) is 25.5 Å². The zero-order valence-electron chi connectivity index (χ0n) is 14.1. The van der Waals surface area contributed by atoms with Crippen LogP contribution in [-0.2, 0) is 9.53 Å². The smallest absolute Gasteiger partial charge is 0.361 e. The molecule has 0 saturated heterocycles. The predicted octanol–water partition coefficient (Wildman–Crippen LogP) is 3.25. The van der Waals surface area contributed by atoms with Crippen molar-refractivity contribution in [2.45, 2.75) is 41.0 Å². The molecule has 0 fully saturated rings. The summed E-state index contributed by atoms with van der Waals surface area (Å²) in [4.78, 5) is 12.0. The molecule has 0 amide bonds. The van der Waals surface area contributed by atoms with Crippen LogP contribution < -0.4 is 0 Å². The van der Waals surface area contributed by atoms with Crippen molar-refractivity contribution in [1.29, 1.82) is 0 Å². The maximum atomic E-state index is 12.0. The van der Waals surface area contributed by atoms with Crippen LogP contribution in [0.2, 0.25) is 0 Å².